The molecule has 8 heteroatoms. The number of nitrogens with one attached hydrogen (secondary N) is 1. The molecule has 0 aliphatic rings. The van der Waals surface area contributed by atoms with Crippen LogP contribution in [0.15, 0.2) is 36.4 Å². The number of benzene rings is 2. The SMILES string of the molecule is CC[C@H](C(=O)Nc1ccc(C)cc1C)N(c1ccc(F)c(Cl)c1)S(C)(=O)=O. The van der Waals surface area contributed by atoms with E-state index in [0.29, 0.717) is 5.69 Å². The number of aryl methyl sites for hydroxylation is 2. The quantitative estimate of drug-likeness (QED) is 0.770. The highest BCUT2D eigenvalue weighted by Crippen LogP contribution is 2.28. The smallest absolute Gasteiger partial charge is 0.248 e. The highest BCUT2D eigenvalue weighted by molar-refractivity contribution is 7.92. The molecule has 0 spiro atoms. The third-order valence-electron chi connectivity index (χ3n) is 4.13. The number of hydrogen-bond acceptors (Lipinski definition) is 3. The van der Waals surface area contributed by atoms with E-state index in [1.165, 1.54) is 12.1 Å². The van der Waals surface area contributed by atoms with Crippen LogP contribution in [0.5, 0.6) is 0 Å². The lowest BCUT2D eigenvalue weighted by atomic mass is 10.1. The lowest BCUT2D eigenvalue weighted by Gasteiger charge is -2.30. The molecule has 2 aromatic rings. The monoisotopic (exact) mass is 412 g/mol. The van der Waals surface area contributed by atoms with Crippen molar-refractivity contribution in [3.05, 3.63) is 58.4 Å². The summed E-state index contributed by atoms with van der Waals surface area (Å²) in [5, 5.41) is 2.57. The van der Waals surface area contributed by atoms with Gasteiger partial charge in [0.25, 0.3) is 0 Å². The fraction of sp³-hybridized carbons (Fsp3) is 0.316. The standard InChI is InChI=1S/C19H22ClFN2O3S/c1-5-18(19(24)22-17-9-6-12(2)10-13(17)3)23(27(4,25)26)14-7-8-16(21)15(20)11-14/h6-11,18H,5H2,1-4H3,(H,22,24)/t18-/m1/s1. The van der Waals surface area contributed by atoms with Crippen molar-refractivity contribution in [3.8, 4) is 0 Å². The van der Waals surface area contributed by atoms with Crippen LogP contribution in [0.3, 0.4) is 0 Å². The van der Waals surface area contributed by atoms with Crippen LogP contribution >= 0.6 is 11.6 Å². The molecule has 1 N–H and O–H groups in total. The highest BCUT2D eigenvalue weighted by atomic mass is 35.5. The van der Waals surface area contributed by atoms with Crippen molar-refractivity contribution in [2.45, 2.75) is 33.2 Å². The lowest BCUT2D eigenvalue weighted by molar-refractivity contribution is -0.117. The van der Waals surface area contributed by atoms with Crippen LogP contribution < -0.4 is 9.62 Å². The predicted octanol–water partition coefficient (Wildman–Crippen LogP) is 4.28. The predicted molar refractivity (Wildman–Crippen MR) is 107 cm³/mol. The zero-order chi connectivity index (χ0) is 20.4. The minimum absolute atomic E-state index is 0.131. The molecule has 2 aromatic carbocycles. The molecule has 0 saturated heterocycles. The molecule has 0 bridgehead atoms. The Hall–Kier alpha value is -2.12. The van der Waals surface area contributed by atoms with Crippen molar-refractivity contribution in [2.75, 3.05) is 15.9 Å². The van der Waals surface area contributed by atoms with Crippen LogP contribution in [-0.4, -0.2) is 26.6 Å². The summed E-state index contributed by atoms with van der Waals surface area (Å²) in [6.45, 7) is 5.50. The third-order valence-corrected chi connectivity index (χ3v) is 5.60. The fourth-order valence-corrected chi connectivity index (χ4v) is 4.23. The zero-order valence-electron chi connectivity index (χ0n) is 15.6. The van der Waals surface area contributed by atoms with Crippen molar-refractivity contribution in [1.82, 2.24) is 0 Å². The molecule has 1 atom stereocenters. The molecule has 0 saturated carbocycles. The van der Waals surface area contributed by atoms with Crippen molar-refractivity contribution >= 4 is 38.9 Å². The largest absolute Gasteiger partial charge is 0.324 e. The summed E-state index contributed by atoms with van der Waals surface area (Å²) in [7, 11) is -3.82. The van der Waals surface area contributed by atoms with Crippen LogP contribution in [0.2, 0.25) is 5.02 Å². The maximum Gasteiger partial charge on any atom is 0.248 e. The highest BCUT2D eigenvalue weighted by Gasteiger charge is 2.32. The van der Waals surface area contributed by atoms with Crippen LogP contribution in [0.1, 0.15) is 24.5 Å². The molecular weight excluding hydrogens is 391 g/mol. The minimum Gasteiger partial charge on any atom is -0.324 e. The van der Waals surface area contributed by atoms with Gasteiger partial charge in [0.15, 0.2) is 0 Å². The Labute approximate surface area is 164 Å². The van der Waals surface area contributed by atoms with Crippen molar-refractivity contribution in [3.63, 3.8) is 0 Å². The summed E-state index contributed by atoms with van der Waals surface area (Å²) < 4.78 is 39.3. The maximum atomic E-state index is 13.5. The normalized spacial score (nSPS) is 12.5. The van der Waals surface area contributed by atoms with Gasteiger partial charge in [0.2, 0.25) is 15.9 Å². The Bertz CT molecular complexity index is 963. The molecule has 27 heavy (non-hydrogen) atoms. The Kier molecular flexibility index (Phi) is 6.49. The van der Waals surface area contributed by atoms with Gasteiger partial charge in [-0.1, -0.05) is 36.2 Å². The van der Waals surface area contributed by atoms with Crippen LogP contribution in [-0.2, 0) is 14.8 Å². The molecule has 0 unspecified atom stereocenters. The second-order valence-corrected chi connectivity index (χ2v) is 8.66. The first-order valence-corrected chi connectivity index (χ1v) is 10.6. The molecule has 0 aliphatic heterocycles. The lowest BCUT2D eigenvalue weighted by Crippen LogP contribution is -2.47. The number of carbonyl (C=O) groups is 1. The van der Waals surface area contributed by atoms with E-state index in [-0.39, 0.29) is 17.1 Å². The van der Waals surface area contributed by atoms with Gasteiger partial charge < -0.3 is 5.32 Å². The van der Waals surface area contributed by atoms with Gasteiger partial charge in [0.05, 0.1) is 17.0 Å². The zero-order valence-corrected chi connectivity index (χ0v) is 17.2. The maximum absolute atomic E-state index is 13.5. The Morgan fingerprint density at radius 1 is 1.22 bits per heavy atom. The van der Waals surface area contributed by atoms with E-state index in [9.17, 15) is 17.6 Å². The topological polar surface area (TPSA) is 66.5 Å². The molecule has 0 aromatic heterocycles. The van der Waals surface area contributed by atoms with E-state index < -0.39 is 27.8 Å². The van der Waals surface area contributed by atoms with Crippen LogP contribution in [0, 0.1) is 19.7 Å². The Balaban J connectivity index is 2.42. The van der Waals surface area contributed by atoms with E-state index in [0.717, 1.165) is 27.8 Å². The number of amides is 1. The molecule has 146 valence electrons. The van der Waals surface area contributed by atoms with Crippen molar-refractivity contribution in [2.24, 2.45) is 0 Å². The summed E-state index contributed by atoms with van der Waals surface area (Å²) >= 11 is 5.80. The number of nitrogens with zero attached hydrogens (tertiary/aromatic N) is 1. The fourth-order valence-electron chi connectivity index (χ4n) is 2.85. The van der Waals surface area contributed by atoms with Crippen LogP contribution in [0.4, 0.5) is 15.8 Å². The van der Waals surface area contributed by atoms with Gasteiger partial charge in [-0.25, -0.2) is 12.8 Å². The molecule has 0 aliphatic carbocycles. The molecule has 0 radical (unpaired) electrons. The molecule has 1 amide bonds. The second kappa shape index (κ2) is 8.27. The number of carbonyl (C=O) groups excluding carboxylic acids is 1. The Morgan fingerprint density at radius 2 is 1.89 bits per heavy atom. The average Bonchev–Trinajstić information content (AvgIpc) is 2.56. The third kappa shape index (κ3) is 4.99. The van der Waals surface area contributed by atoms with Gasteiger partial charge >= 0.3 is 0 Å². The number of rotatable bonds is 6. The summed E-state index contributed by atoms with van der Waals surface area (Å²) in [4.78, 5) is 12.9. The minimum atomic E-state index is -3.82. The first-order chi connectivity index (χ1) is 12.5. The summed E-state index contributed by atoms with van der Waals surface area (Å²) in [6.07, 6.45) is 1.22. The van der Waals surface area contributed by atoms with Gasteiger partial charge in [0, 0.05) is 5.69 Å². The first-order valence-electron chi connectivity index (χ1n) is 8.37. The first kappa shape index (κ1) is 21.2. The van der Waals surface area contributed by atoms with E-state index >= 15 is 0 Å². The van der Waals surface area contributed by atoms with E-state index in [4.69, 9.17) is 11.6 Å². The van der Waals surface area contributed by atoms with E-state index in [2.05, 4.69) is 5.32 Å². The van der Waals surface area contributed by atoms with Gasteiger partial charge in [0.1, 0.15) is 11.9 Å². The average molecular weight is 413 g/mol. The summed E-state index contributed by atoms with van der Waals surface area (Å²) in [5.74, 6) is -1.14. The molecule has 0 heterocycles. The molecular formula is C19H22ClFN2O3S. The van der Waals surface area contributed by atoms with Gasteiger partial charge in [-0.15, -0.1) is 0 Å². The number of anilines is 2. The number of halogens is 2. The van der Waals surface area contributed by atoms with Gasteiger partial charge in [-0.05, 0) is 50.1 Å². The van der Waals surface area contributed by atoms with Gasteiger partial charge in [-0.2, -0.15) is 0 Å². The van der Waals surface area contributed by atoms with Crippen LogP contribution in [0.25, 0.3) is 0 Å². The molecule has 0 fully saturated rings. The molecule has 2 rings (SSSR count). The Morgan fingerprint density at radius 3 is 2.41 bits per heavy atom. The van der Waals surface area contributed by atoms with Crippen molar-refractivity contribution in [1.29, 1.82) is 0 Å². The second-order valence-electron chi connectivity index (χ2n) is 6.39. The number of sulfonamides is 1. The van der Waals surface area contributed by atoms with Crippen molar-refractivity contribution < 1.29 is 17.6 Å². The summed E-state index contributed by atoms with van der Waals surface area (Å²) in [6, 6.07) is 8.10. The number of hydrogen-bond donors (Lipinski definition) is 1. The summed E-state index contributed by atoms with van der Waals surface area (Å²) in [5.41, 5.74) is 2.66. The van der Waals surface area contributed by atoms with E-state index in [1.54, 1.807) is 13.0 Å². The van der Waals surface area contributed by atoms with Gasteiger partial charge in [-0.3, -0.25) is 9.10 Å². The van der Waals surface area contributed by atoms with E-state index in [1.807, 2.05) is 26.0 Å². The molecule has 5 nitrogen and oxygen atoms in total.